The van der Waals surface area contributed by atoms with Crippen molar-refractivity contribution >= 4 is 17.7 Å². The third-order valence-electron chi connectivity index (χ3n) is 2.17. The number of thioether (sulfide) groups is 1. The van der Waals surface area contributed by atoms with E-state index in [2.05, 4.69) is 4.98 Å². The van der Waals surface area contributed by atoms with Crippen molar-refractivity contribution in [3.05, 3.63) is 59.8 Å². The quantitative estimate of drug-likeness (QED) is 0.841. The maximum Gasteiger partial charge on any atom is 0.354 e. The number of carbonyl (C=O) groups is 1. The summed E-state index contributed by atoms with van der Waals surface area (Å²) in [6.45, 7) is 0. The highest BCUT2D eigenvalue weighted by Crippen LogP contribution is 2.20. The average Bonchev–Trinajstić information content (AvgIpc) is 2.38. The SMILES string of the molecule is O=C(O)c1cccc(SCc2ccccc2)n1. The number of nitrogens with zero attached hydrogens (tertiary/aromatic N) is 1. The zero-order valence-corrected chi connectivity index (χ0v) is 9.85. The summed E-state index contributed by atoms with van der Waals surface area (Å²) in [4.78, 5) is 14.8. The summed E-state index contributed by atoms with van der Waals surface area (Å²) in [5, 5.41) is 9.55. The zero-order chi connectivity index (χ0) is 12.1. The van der Waals surface area contributed by atoms with Crippen LogP contribution in [0.15, 0.2) is 53.6 Å². The first-order valence-corrected chi connectivity index (χ1v) is 6.11. The predicted octanol–water partition coefficient (Wildman–Crippen LogP) is 3.07. The van der Waals surface area contributed by atoms with E-state index in [0.717, 1.165) is 10.8 Å². The fourth-order valence-electron chi connectivity index (χ4n) is 1.35. The first kappa shape index (κ1) is 11.7. The molecule has 86 valence electrons. The Morgan fingerprint density at radius 3 is 2.59 bits per heavy atom. The Morgan fingerprint density at radius 2 is 1.88 bits per heavy atom. The Labute approximate surface area is 104 Å². The molecule has 2 rings (SSSR count). The molecule has 0 fully saturated rings. The monoisotopic (exact) mass is 245 g/mol. The van der Waals surface area contributed by atoms with Crippen LogP contribution in [0.25, 0.3) is 0 Å². The molecular weight excluding hydrogens is 234 g/mol. The smallest absolute Gasteiger partial charge is 0.354 e. The topological polar surface area (TPSA) is 50.2 Å². The fraction of sp³-hybridized carbons (Fsp3) is 0.0769. The largest absolute Gasteiger partial charge is 0.477 e. The summed E-state index contributed by atoms with van der Waals surface area (Å²) in [5.74, 6) is -0.205. The molecular formula is C13H11NO2S. The van der Waals surface area contributed by atoms with Gasteiger partial charge in [0.1, 0.15) is 5.69 Å². The van der Waals surface area contributed by atoms with Crippen molar-refractivity contribution in [2.75, 3.05) is 0 Å². The molecule has 0 bridgehead atoms. The number of benzene rings is 1. The van der Waals surface area contributed by atoms with Gasteiger partial charge in [-0.2, -0.15) is 0 Å². The van der Waals surface area contributed by atoms with Gasteiger partial charge in [0.2, 0.25) is 0 Å². The fourth-order valence-corrected chi connectivity index (χ4v) is 2.19. The van der Waals surface area contributed by atoms with Crippen molar-refractivity contribution in [1.29, 1.82) is 0 Å². The van der Waals surface area contributed by atoms with Gasteiger partial charge in [-0.05, 0) is 17.7 Å². The van der Waals surface area contributed by atoms with Gasteiger partial charge in [0.15, 0.2) is 0 Å². The maximum absolute atomic E-state index is 10.8. The molecule has 0 aliphatic carbocycles. The molecule has 3 nitrogen and oxygen atoms in total. The van der Waals surface area contributed by atoms with Crippen LogP contribution >= 0.6 is 11.8 Å². The Balaban J connectivity index is 2.04. The van der Waals surface area contributed by atoms with Crippen LogP contribution in [-0.4, -0.2) is 16.1 Å². The normalized spacial score (nSPS) is 10.1. The lowest BCUT2D eigenvalue weighted by Crippen LogP contribution is -2.00. The Bertz CT molecular complexity index is 514. The summed E-state index contributed by atoms with van der Waals surface area (Å²) in [6.07, 6.45) is 0. The van der Waals surface area contributed by atoms with E-state index in [1.54, 1.807) is 6.07 Å². The minimum absolute atomic E-state index is 0.0862. The molecule has 17 heavy (non-hydrogen) atoms. The van der Waals surface area contributed by atoms with Gasteiger partial charge < -0.3 is 5.11 Å². The summed E-state index contributed by atoms with van der Waals surface area (Å²) in [6, 6.07) is 15.0. The van der Waals surface area contributed by atoms with E-state index in [1.165, 1.54) is 23.4 Å². The first-order chi connectivity index (χ1) is 8.25. The van der Waals surface area contributed by atoms with Crippen molar-refractivity contribution in [2.24, 2.45) is 0 Å². The molecule has 4 heteroatoms. The number of carboxylic acids is 1. The highest BCUT2D eigenvalue weighted by atomic mass is 32.2. The van der Waals surface area contributed by atoms with Gasteiger partial charge in [-0.1, -0.05) is 36.4 Å². The lowest BCUT2D eigenvalue weighted by atomic mass is 10.2. The summed E-state index contributed by atoms with van der Waals surface area (Å²) >= 11 is 1.53. The maximum atomic E-state index is 10.8. The molecule has 0 radical (unpaired) electrons. The van der Waals surface area contributed by atoms with Crippen LogP contribution in [0.5, 0.6) is 0 Å². The van der Waals surface area contributed by atoms with E-state index in [-0.39, 0.29) is 5.69 Å². The predicted molar refractivity (Wildman–Crippen MR) is 67.2 cm³/mol. The second kappa shape index (κ2) is 5.50. The molecule has 0 saturated carbocycles. The van der Waals surface area contributed by atoms with Crippen LogP contribution in [-0.2, 0) is 5.75 Å². The molecule has 1 aromatic carbocycles. The van der Waals surface area contributed by atoms with Gasteiger partial charge in [0, 0.05) is 5.75 Å². The van der Waals surface area contributed by atoms with Crippen molar-refractivity contribution in [1.82, 2.24) is 4.98 Å². The average molecular weight is 245 g/mol. The van der Waals surface area contributed by atoms with E-state index < -0.39 is 5.97 Å². The third-order valence-corrected chi connectivity index (χ3v) is 3.17. The molecule has 0 aliphatic rings. The number of pyridine rings is 1. The number of rotatable bonds is 4. The summed E-state index contributed by atoms with van der Waals surface area (Å²) < 4.78 is 0. The van der Waals surface area contributed by atoms with Crippen molar-refractivity contribution in [3.8, 4) is 0 Å². The third kappa shape index (κ3) is 3.32. The number of aromatic nitrogens is 1. The highest BCUT2D eigenvalue weighted by Gasteiger charge is 2.05. The minimum Gasteiger partial charge on any atom is -0.477 e. The van der Waals surface area contributed by atoms with Crippen LogP contribution in [0.4, 0.5) is 0 Å². The Hall–Kier alpha value is -1.81. The van der Waals surface area contributed by atoms with Gasteiger partial charge >= 0.3 is 5.97 Å². The van der Waals surface area contributed by atoms with Gasteiger partial charge in [-0.25, -0.2) is 9.78 Å². The summed E-state index contributed by atoms with van der Waals surface area (Å²) in [5.41, 5.74) is 1.28. The van der Waals surface area contributed by atoms with Gasteiger partial charge in [0.05, 0.1) is 5.03 Å². The number of hydrogen-bond donors (Lipinski definition) is 1. The first-order valence-electron chi connectivity index (χ1n) is 5.13. The van der Waals surface area contributed by atoms with Crippen LogP contribution in [0.1, 0.15) is 16.1 Å². The molecule has 0 aliphatic heterocycles. The molecule has 1 N–H and O–H groups in total. The molecule has 1 heterocycles. The van der Waals surface area contributed by atoms with Crippen molar-refractivity contribution in [3.63, 3.8) is 0 Å². The highest BCUT2D eigenvalue weighted by molar-refractivity contribution is 7.98. The Morgan fingerprint density at radius 1 is 1.12 bits per heavy atom. The van der Waals surface area contributed by atoms with Crippen LogP contribution in [0, 0.1) is 0 Å². The van der Waals surface area contributed by atoms with Gasteiger partial charge in [-0.15, -0.1) is 11.8 Å². The molecule has 1 aromatic heterocycles. The standard InChI is InChI=1S/C13H11NO2S/c15-13(16)11-7-4-8-12(14-11)17-9-10-5-2-1-3-6-10/h1-8H,9H2,(H,15,16). The molecule has 0 amide bonds. The summed E-state index contributed by atoms with van der Waals surface area (Å²) in [7, 11) is 0. The van der Waals surface area contributed by atoms with E-state index >= 15 is 0 Å². The number of hydrogen-bond acceptors (Lipinski definition) is 3. The molecule has 0 saturated heterocycles. The van der Waals surface area contributed by atoms with E-state index in [4.69, 9.17) is 5.11 Å². The van der Waals surface area contributed by atoms with Gasteiger partial charge in [0.25, 0.3) is 0 Å². The van der Waals surface area contributed by atoms with Crippen molar-refractivity contribution < 1.29 is 9.90 Å². The lowest BCUT2D eigenvalue weighted by Gasteiger charge is -2.02. The molecule has 0 unspecified atom stereocenters. The van der Waals surface area contributed by atoms with Crippen LogP contribution in [0.3, 0.4) is 0 Å². The van der Waals surface area contributed by atoms with Crippen LogP contribution < -0.4 is 0 Å². The minimum atomic E-state index is -0.993. The van der Waals surface area contributed by atoms with E-state index in [1.807, 2.05) is 36.4 Å². The van der Waals surface area contributed by atoms with Gasteiger partial charge in [-0.3, -0.25) is 0 Å². The van der Waals surface area contributed by atoms with E-state index in [0.29, 0.717) is 0 Å². The second-order valence-corrected chi connectivity index (χ2v) is 4.44. The number of carboxylic acid groups (broad SMARTS) is 1. The number of aromatic carboxylic acids is 1. The second-order valence-electron chi connectivity index (χ2n) is 3.44. The molecule has 2 aromatic rings. The van der Waals surface area contributed by atoms with E-state index in [9.17, 15) is 4.79 Å². The van der Waals surface area contributed by atoms with Crippen molar-refractivity contribution in [2.45, 2.75) is 10.8 Å². The Kier molecular flexibility index (Phi) is 3.77. The van der Waals surface area contributed by atoms with Crippen LogP contribution in [0.2, 0.25) is 0 Å². The zero-order valence-electron chi connectivity index (χ0n) is 9.04. The molecule has 0 atom stereocenters. The lowest BCUT2D eigenvalue weighted by molar-refractivity contribution is 0.0689. The molecule has 0 spiro atoms.